The highest BCUT2D eigenvalue weighted by Crippen LogP contribution is 2.35. The topological polar surface area (TPSA) is 150 Å². The second-order valence-corrected chi connectivity index (χ2v) is 9.07. The SMILES string of the molecule is CCC(C)(CC(CC(C)C(=O)NCCO)C(=O)O)C(=O)Oc1ccc(C(=O)c2ccccc2)c(O)c1. The van der Waals surface area contributed by atoms with E-state index in [0.717, 1.165) is 0 Å². The molecule has 3 unspecified atom stereocenters. The molecule has 0 aliphatic carbocycles. The number of hydrogen-bond donors (Lipinski definition) is 4. The monoisotopic (exact) mass is 499 g/mol. The Labute approximate surface area is 210 Å². The van der Waals surface area contributed by atoms with Crippen LogP contribution in [0.2, 0.25) is 0 Å². The van der Waals surface area contributed by atoms with E-state index in [1.807, 2.05) is 0 Å². The van der Waals surface area contributed by atoms with E-state index in [9.17, 15) is 29.4 Å². The van der Waals surface area contributed by atoms with Crippen molar-refractivity contribution in [3.63, 3.8) is 0 Å². The molecule has 2 aromatic carbocycles. The van der Waals surface area contributed by atoms with E-state index >= 15 is 0 Å². The normalized spacial score (nSPS) is 14.2. The van der Waals surface area contributed by atoms with Crippen molar-refractivity contribution in [1.29, 1.82) is 0 Å². The van der Waals surface area contributed by atoms with E-state index in [0.29, 0.717) is 5.56 Å². The summed E-state index contributed by atoms with van der Waals surface area (Å²) in [4.78, 5) is 49.7. The molecule has 0 radical (unpaired) electrons. The number of hydrogen-bond acceptors (Lipinski definition) is 7. The van der Waals surface area contributed by atoms with Gasteiger partial charge in [-0.25, -0.2) is 0 Å². The number of ketones is 1. The van der Waals surface area contributed by atoms with E-state index in [4.69, 9.17) is 9.84 Å². The van der Waals surface area contributed by atoms with Crippen molar-refractivity contribution in [2.75, 3.05) is 13.2 Å². The average molecular weight is 500 g/mol. The number of ether oxygens (including phenoxy) is 1. The molecule has 4 N–H and O–H groups in total. The molecule has 0 aliphatic heterocycles. The Morgan fingerprint density at radius 3 is 2.31 bits per heavy atom. The molecule has 9 heteroatoms. The van der Waals surface area contributed by atoms with Crippen LogP contribution in [-0.4, -0.2) is 52.1 Å². The number of esters is 1. The van der Waals surface area contributed by atoms with Gasteiger partial charge in [-0.15, -0.1) is 0 Å². The van der Waals surface area contributed by atoms with Gasteiger partial charge in [0.15, 0.2) is 5.78 Å². The quantitative estimate of drug-likeness (QED) is 0.186. The minimum atomic E-state index is -1.18. The molecule has 0 fully saturated rings. The number of phenolic OH excluding ortho intramolecular Hbond substituents is 1. The van der Waals surface area contributed by atoms with Gasteiger partial charge in [0.2, 0.25) is 5.91 Å². The summed E-state index contributed by atoms with van der Waals surface area (Å²) in [5, 5.41) is 31.5. The van der Waals surface area contributed by atoms with Crippen molar-refractivity contribution < 1.29 is 39.2 Å². The number of benzene rings is 2. The van der Waals surface area contributed by atoms with Crippen molar-refractivity contribution in [3.05, 3.63) is 59.7 Å². The van der Waals surface area contributed by atoms with Crippen molar-refractivity contribution in [2.24, 2.45) is 17.3 Å². The Bertz CT molecular complexity index is 1080. The predicted molar refractivity (Wildman–Crippen MR) is 132 cm³/mol. The van der Waals surface area contributed by atoms with Gasteiger partial charge in [-0.1, -0.05) is 44.2 Å². The van der Waals surface area contributed by atoms with Crippen LogP contribution >= 0.6 is 0 Å². The van der Waals surface area contributed by atoms with E-state index in [-0.39, 0.29) is 61.2 Å². The number of aromatic hydroxyl groups is 1. The number of carbonyl (C=O) groups is 4. The zero-order chi connectivity index (χ0) is 26.9. The first kappa shape index (κ1) is 28.5. The molecule has 1 amide bonds. The van der Waals surface area contributed by atoms with Crippen molar-refractivity contribution in [3.8, 4) is 11.5 Å². The number of phenols is 1. The third-order valence-electron chi connectivity index (χ3n) is 6.28. The Hall–Kier alpha value is -3.72. The first-order chi connectivity index (χ1) is 17.0. The lowest BCUT2D eigenvalue weighted by molar-refractivity contribution is -0.150. The molecule has 3 atom stereocenters. The highest BCUT2D eigenvalue weighted by molar-refractivity contribution is 6.10. The maximum absolute atomic E-state index is 13.1. The largest absolute Gasteiger partial charge is 0.507 e. The van der Waals surface area contributed by atoms with E-state index < -0.39 is 29.2 Å². The van der Waals surface area contributed by atoms with E-state index in [1.54, 1.807) is 51.1 Å². The molecule has 36 heavy (non-hydrogen) atoms. The molecule has 0 heterocycles. The number of aliphatic carboxylic acids is 1. The first-order valence-corrected chi connectivity index (χ1v) is 11.8. The molecule has 0 spiro atoms. The second-order valence-electron chi connectivity index (χ2n) is 9.07. The van der Waals surface area contributed by atoms with Crippen LogP contribution < -0.4 is 10.1 Å². The van der Waals surface area contributed by atoms with E-state index in [2.05, 4.69) is 5.32 Å². The van der Waals surface area contributed by atoms with Crippen molar-refractivity contribution in [1.82, 2.24) is 5.32 Å². The summed E-state index contributed by atoms with van der Waals surface area (Å²) in [7, 11) is 0. The molecule has 2 rings (SSSR count). The number of aliphatic hydroxyl groups excluding tert-OH is 1. The van der Waals surface area contributed by atoms with Crippen LogP contribution in [0.5, 0.6) is 11.5 Å². The van der Waals surface area contributed by atoms with Gasteiger partial charge in [0.1, 0.15) is 11.5 Å². The van der Waals surface area contributed by atoms with Crippen LogP contribution in [0.25, 0.3) is 0 Å². The molecule has 0 aromatic heterocycles. The average Bonchev–Trinajstić information content (AvgIpc) is 2.86. The minimum Gasteiger partial charge on any atom is -0.507 e. The number of nitrogens with one attached hydrogen (secondary N) is 1. The summed E-state index contributed by atoms with van der Waals surface area (Å²) >= 11 is 0. The maximum Gasteiger partial charge on any atom is 0.317 e. The van der Waals surface area contributed by atoms with Crippen LogP contribution in [0, 0.1) is 17.3 Å². The Morgan fingerprint density at radius 1 is 1.08 bits per heavy atom. The van der Waals surface area contributed by atoms with Crippen LogP contribution in [0.1, 0.15) is 56.0 Å². The Balaban J connectivity index is 2.14. The lowest BCUT2D eigenvalue weighted by atomic mass is 9.76. The summed E-state index contributed by atoms with van der Waals surface area (Å²) < 4.78 is 5.47. The Morgan fingerprint density at radius 2 is 1.75 bits per heavy atom. The lowest BCUT2D eigenvalue weighted by Crippen LogP contribution is -2.38. The summed E-state index contributed by atoms with van der Waals surface area (Å²) in [6.45, 7) is 4.76. The van der Waals surface area contributed by atoms with Crippen LogP contribution in [0.15, 0.2) is 48.5 Å². The van der Waals surface area contributed by atoms with E-state index in [1.165, 1.54) is 18.2 Å². The number of carbonyl (C=O) groups excluding carboxylic acids is 3. The zero-order valence-electron chi connectivity index (χ0n) is 20.7. The number of amides is 1. The van der Waals surface area contributed by atoms with Crippen LogP contribution in [0.3, 0.4) is 0 Å². The van der Waals surface area contributed by atoms with Gasteiger partial charge in [-0.2, -0.15) is 0 Å². The van der Waals surface area contributed by atoms with Gasteiger partial charge >= 0.3 is 11.9 Å². The van der Waals surface area contributed by atoms with Crippen molar-refractivity contribution in [2.45, 2.75) is 40.0 Å². The molecular formula is C27H33NO8. The highest BCUT2D eigenvalue weighted by atomic mass is 16.5. The maximum atomic E-state index is 13.1. The predicted octanol–water partition coefficient (Wildman–Crippen LogP) is 3.17. The van der Waals surface area contributed by atoms with Crippen molar-refractivity contribution >= 4 is 23.6 Å². The summed E-state index contributed by atoms with van der Waals surface area (Å²) in [5.41, 5.74) is -0.730. The number of carboxylic acids is 1. The number of carboxylic acid groups (broad SMARTS) is 1. The van der Waals surface area contributed by atoms with Gasteiger partial charge in [0, 0.05) is 24.1 Å². The minimum absolute atomic E-state index is 0.00650. The second kappa shape index (κ2) is 12.8. The Kier molecular flexibility index (Phi) is 10.2. The molecule has 0 saturated carbocycles. The molecule has 194 valence electrons. The molecule has 2 aromatic rings. The van der Waals surface area contributed by atoms with Gasteiger partial charge < -0.3 is 25.4 Å². The summed E-state index contributed by atoms with van der Waals surface area (Å²) in [6, 6.07) is 12.4. The van der Waals surface area contributed by atoms with Gasteiger partial charge in [0.25, 0.3) is 0 Å². The summed E-state index contributed by atoms with van der Waals surface area (Å²) in [5.74, 6) is -4.54. The smallest absolute Gasteiger partial charge is 0.317 e. The standard InChI is InChI=1S/C27H33NO8/c1-4-27(3,16-19(25(33)34)14-17(2)24(32)28-12-13-29)26(35)36-20-10-11-21(22(30)15-20)23(31)18-8-6-5-7-9-18/h5-11,15,17,19,29-30H,4,12-14,16H2,1-3H3,(H,28,32)(H,33,34). The molecule has 0 bridgehead atoms. The van der Waals surface area contributed by atoms with Crippen LogP contribution in [0.4, 0.5) is 0 Å². The lowest BCUT2D eigenvalue weighted by Gasteiger charge is -2.29. The first-order valence-electron chi connectivity index (χ1n) is 11.8. The third-order valence-corrected chi connectivity index (χ3v) is 6.28. The summed E-state index contributed by atoms with van der Waals surface area (Å²) in [6.07, 6.45) is 0.218. The number of aliphatic hydroxyl groups is 1. The van der Waals surface area contributed by atoms with Gasteiger partial charge in [-0.05, 0) is 38.3 Å². The van der Waals surface area contributed by atoms with Gasteiger partial charge in [0.05, 0.1) is 23.5 Å². The highest BCUT2D eigenvalue weighted by Gasteiger charge is 2.39. The fourth-order valence-corrected chi connectivity index (χ4v) is 3.82. The molecule has 0 saturated heterocycles. The molecule has 0 aliphatic rings. The van der Waals surface area contributed by atoms with Gasteiger partial charge in [-0.3, -0.25) is 19.2 Å². The fraction of sp³-hybridized carbons (Fsp3) is 0.407. The van der Waals surface area contributed by atoms with Crippen LogP contribution in [-0.2, 0) is 14.4 Å². The number of rotatable bonds is 13. The zero-order valence-corrected chi connectivity index (χ0v) is 20.7. The molecule has 9 nitrogen and oxygen atoms in total. The fourth-order valence-electron chi connectivity index (χ4n) is 3.82. The molecular weight excluding hydrogens is 466 g/mol. The third kappa shape index (κ3) is 7.39.